The van der Waals surface area contributed by atoms with E-state index in [0.29, 0.717) is 17.6 Å². The van der Waals surface area contributed by atoms with E-state index >= 15 is 0 Å². The molecule has 1 aromatic rings. The summed E-state index contributed by atoms with van der Waals surface area (Å²) in [4.78, 5) is 22.1. The number of nitrogens with one attached hydrogen (secondary N) is 2. The Bertz CT molecular complexity index is 461. The molecule has 3 N–H and O–H groups in total. The molecule has 7 nitrogen and oxygen atoms in total. The minimum Gasteiger partial charge on any atom is -0.481 e. The van der Waals surface area contributed by atoms with E-state index in [1.165, 1.54) is 11.3 Å². The van der Waals surface area contributed by atoms with Gasteiger partial charge in [0.15, 0.2) is 0 Å². The molecule has 0 spiro atoms. The maximum absolute atomic E-state index is 11.6. The van der Waals surface area contributed by atoms with Crippen molar-refractivity contribution in [3.63, 3.8) is 0 Å². The van der Waals surface area contributed by atoms with Gasteiger partial charge in [-0.05, 0) is 11.8 Å². The van der Waals surface area contributed by atoms with E-state index in [1.807, 2.05) is 0 Å². The molecule has 0 saturated heterocycles. The van der Waals surface area contributed by atoms with Crippen molar-refractivity contribution in [3.05, 3.63) is 5.01 Å². The van der Waals surface area contributed by atoms with Gasteiger partial charge < -0.3 is 10.4 Å². The fourth-order valence-corrected chi connectivity index (χ4v) is 2.46. The van der Waals surface area contributed by atoms with Crippen LogP contribution >= 0.6 is 11.3 Å². The first kappa shape index (κ1) is 16.4. The molecule has 1 unspecified atom stereocenters. The van der Waals surface area contributed by atoms with Gasteiger partial charge in [-0.1, -0.05) is 32.1 Å². The van der Waals surface area contributed by atoms with Gasteiger partial charge >= 0.3 is 12.0 Å². The van der Waals surface area contributed by atoms with Crippen molar-refractivity contribution >= 4 is 28.5 Å². The van der Waals surface area contributed by atoms with E-state index < -0.39 is 12.0 Å². The summed E-state index contributed by atoms with van der Waals surface area (Å²) in [6.45, 7) is 6.24. The SMILES string of the molecule is CC(C)Cc1nnc(NC(=O)NCC(C)CC(=O)O)s1. The van der Waals surface area contributed by atoms with Gasteiger partial charge in [-0.15, -0.1) is 10.2 Å². The summed E-state index contributed by atoms with van der Waals surface area (Å²) in [7, 11) is 0. The molecular weight excluding hydrogens is 280 g/mol. The molecule has 1 heterocycles. The second kappa shape index (κ2) is 7.78. The first-order valence-corrected chi connectivity index (χ1v) is 7.27. The van der Waals surface area contributed by atoms with Crippen molar-refractivity contribution in [2.24, 2.45) is 11.8 Å². The molecule has 112 valence electrons. The molecule has 2 amide bonds. The van der Waals surface area contributed by atoms with Crippen molar-refractivity contribution in [3.8, 4) is 0 Å². The van der Waals surface area contributed by atoms with Gasteiger partial charge in [0.1, 0.15) is 5.01 Å². The average Bonchev–Trinajstić information content (AvgIpc) is 2.72. The number of anilines is 1. The molecular formula is C12H20N4O3S. The third-order valence-electron chi connectivity index (χ3n) is 2.40. The second-order valence-electron chi connectivity index (χ2n) is 5.14. The third-order valence-corrected chi connectivity index (χ3v) is 3.27. The Kier molecular flexibility index (Phi) is 6.37. The molecule has 8 heteroatoms. The van der Waals surface area contributed by atoms with Crippen molar-refractivity contribution < 1.29 is 14.7 Å². The molecule has 0 saturated carbocycles. The number of carbonyl (C=O) groups is 2. The van der Waals surface area contributed by atoms with Crippen LogP contribution in [0.15, 0.2) is 0 Å². The quantitative estimate of drug-likeness (QED) is 0.714. The standard InChI is InChI=1S/C12H20N4O3S/c1-7(2)4-9-15-16-12(20-9)14-11(19)13-6-8(3)5-10(17)18/h7-8H,4-6H2,1-3H3,(H,17,18)(H2,13,14,16,19). The summed E-state index contributed by atoms with van der Waals surface area (Å²) in [5, 5.41) is 23.0. The summed E-state index contributed by atoms with van der Waals surface area (Å²) >= 11 is 1.35. The zero-order chi connectivity index (χ0) is 15.1. The topological polar surface area (TPSA) is 104 Å². The van der Waals surface area contributed by atoms with Crippen LogP contribution in [0.4, 0.5) is 9.93 Å². The van der Waals surface area contributed by atoms with Gasteiger partial charge in [0.05, 0.1) is 0 Å². The largest absolute Gasteiger partial charge is 0.481 e. The highest BCUT2D eigenvalue weighted by atomic mass is 32.1. The number of aliphatic carboxylic acids is 1. The Hall–Kier alpha value is -1.70. The second-order valence-corrected chi connectivity index (χ2v) is 6.20. The molecule has 0 aromatic carbocycles. The minimum atomic E-state index is -0.873. The van der Waals surface area contributed by atoms with E-state index in [-0.39, 0.29) is 12.3 Å². The monoisotopic (exact) mass is 300 g/mol. The molecule has 1 atom stereocenters. The van der Waals surface area contributed by atoms with Gasteiger partial charge in [-0.2, -0.15) is 0 Å². The van der Waals surface area contributed by atoms with Gasteiger partial charge in [0, 0.05) is 19.4 Å². The Labute approximate surface area is 121 Å². The van der Waals surface area contributed by atoms with Crippen molar-refractivity contribution in [2.45, 2.75) is 33.6 Å². The third kappa shape index (κ3) is 6.46. The molecule has 0 fully saturated rings. The Morgan fingerprint density at radius 3 is 2.60 bits per heavy atom. The first-order chi connectivity index (χ1) is 9.36. The number of carbonyl (C=O) groups excluding carboxylic acids is 1. The maximum atomic E-state index is 11.6. The van der Waals surface area contributed by atoms with Crippen LogP contribution in [0.2, 0.25) is 0 Å². The fourth-order valence-electron chi connectivity index (χ4n) is 1.51. The van der Waals surface area contributed by atoms with Crippen LogP contribution in [-0.2, 0) is 11.2 Å². The minimum absolute atomic E-state index is 0.0254. The highest BCUT2D eigenvalue weighted by molar-refractivity contribution is 7.15. The number of carboxylic acid groups (broad SMARTS) is 1. The molecule has 0 aliphatic rings. The number of rotatable bonds is 7. The number of carboxylic acids is 1. The summed E-state index contributed by atoms with van der Waals surface area (Å²) < 4.78 is 0. The van der Waals surface area contributed by atoms with Gasteiger partial charge in [0.25, 0.3) is 0 Å². The molecule has 0 bridgehead atoms. The smallest absolute Gasteiger partial charge is 0.321 e. The van der Waals surface area contributed by atoms with Crippen LogP contribution in [0.25, 0.3) is 0 Å². The number of amides is 2. The molecule has 20 heavy (non-hydrogen) atoms. The van der Waals surface area contributed by atoms with E-state index in [9.17, 15) is 9.59 Å². The zero-order valence-electron chi connectivity index (χ0n) is 11.8. The Morgan fingerprint density at radius 2 is 2.00 bits per heavy atom. The Morgan fingerprint density at radius 1 is 1.30 bits per heavy atom. The lowest BCUT2D eigenvalue weighted by Crippen LogP contribution is -2.32. The van der Waals surface area contributed by atoms with Crippen LogP contribution < -0.4 is 10.6 Å². The number of aromatic nitrogens is 2. The number of urea groups is 1. The lowest BCUT2D eigenvalue weighted by Gasteiger charge is -2.09. The highest BCUT2D eigenvalue weighted by Crippen LogP contribution is 2.17. The van der Waals surface area contributed by atoms with Gasteiger partial charge in [-0.25, -0.2) is 4.79 Å². The van der Waals surface area contributed by atoms with Crippen LogP contribution in [0.5, 0.6) is 0 Å². The van der Waals surface area contributed by atoms with Crippen molar-refractivity contribution in [1.82, 2.24) is 15.5 Å². The van der Waals surface area contributed by atoms with Gasteiger partial charge in [0.2, 0.25) is 5.13 Å². The van der Waals surface area contributed by atoms with E-state index in [2.05, 4.69) is 34.7 Å². The normalized spacial score (nSPS) is 12.2. The summed E-state index contributed by atoms with van der Waals surface area (Å²) in [6.07, 6.45) is 0.855. The van der Waals surface area contributed by atoms with Crippen molar-refractivity contribution in [2.75, 3.05) is 11.9 Å². The highest BCUT2D eigenvalue weighted by Gasteiger charge is 2.11. The maximum Gasteiger partial charge on any atom is 0.321 e. The first-order valence-electron chi connectivity index (χ1n) is 6.45. The molecule has 1 rings (SSSR count). The summed E-state index contributed by atoms with van der Waals surface area (Å²) in [6, 6.07) is -0.394. The summed E-state index contributed by atoms with van der Waals surface area (Å²) in [5.74, 6) is -0.507. The predicted octanol–water partition coefficient (Wildman–Crippen LogP) is 1.97. The number of hydrogen-bond acceptors (Lipinski definition) is 5. The number of hydrogen-bond donors (Lipinski definition) is 3. The number of nitrogens with zero attached hydrogens (tertiary/aromatic N) is 2. The van der Waals surface area contributed by atoms with Gasteiger partial charge in [-0.3, -0.25) is 10.1 Å². The lowest BCUT2D eigenvalue weighted by molar-refractivity contribution is -0.137. The van der Waals surface area contributed by atoms with E-state index in [0.717, 1.165) is 11.4 Å². The zero-order valence-corrected chi connectivity index (χ0v) is 12.7. The fraction of sp³-hybridized carbons (Fsp3) is 0.667. The molecule has 0 radical (unpaired) electrons. The summed E-state index contributed by atoms with van der Waals surface area (Å²) in [5.41, 5.74) is 0. The molecule has 0 aliphatic heterocycles. The Balaban J connectivity index is 2.35. The van der Waals surface area contributed by atoms with E-state index in [1.54, 1.807) is 6.92 Å². The molecule has 0 aliphatic carbocycles. The lowest BCUT2D eigenvalue weighted by atomic mass is 10.1. The molecule has 1 aromatic heterocycles. The average molecular weight is 300 g/mol. The van der Waals surface area contributed by atoms with Crippen LogP contribution in [-0.4, -0.2) is 33.8 Å². The van der Waals surface area contributed by atoms with Crippen molar-refractivity contribution in [1.29, 1.82) is 0 Å². The van der Waals surface area contributed by atoms with E-state index in [4.69, 9.17) is 5.11 Å². The van der Waals surface area contributed by atoms with Crippen LogP contribution in [0, 0.1) is 11.8 Å². The predicted molar refractivity (Wildman–Crippen MR) is 76.9 cm³/mol. The van der Waals surface area contributed by atoms with Crippen LogP contribution in [0.3, 0.4) is 0 Å². The van der Waals surface area contributed by atoms with Crippen LogP contribution in [0.1, 0.15) is 32.2 Å².